The smallest absolute Gasteiger partial charge is 0.231 e. The summed E-state index contributed by atoms with van der Waals surface area (Å²) >= 11 is 0. The third kappa shape index (κ3) is 5.39. The Balaban J connectivity index is 1.38. The van der Waals surface area contributed by atoms with Crippen molar-refractivity contribution in [3.63, 3.8) is 0 Å². The second-order valence-corrected chi connectivity index (χ2v) is 8.46. The third-order valence-electron chi connectivity index (χ3n) is 4.35. The van der Waals surface area contributed by atoms with Gasteiger partial charge >= 0.3 is 0 Å². The first-order valence-corrected chi connectivity index (χ1v) is 10.8. The van der Waals surface area contributed by atoms with Crippen LogP contribution in [0.15, 0.2) is 58.4 Å². The summed E-state index contributed by atoms with van der Waals surface area (Å²) in [5.41, 5.74) is 1.14. The summed E-state index contributed by atoms with van der Waals surface area (Å²) in [6.45, 7) is 1.49. The lowest BCUT2D eigenvalue weighted by Gasteiger charge is -2.12. The molecule has 7 nitrogen and oxygen atoms in total. The summed E-state index contributed by atoms with van der Waals surface area (Å²) in [5, 5.41) is 6.38. The van der Waals surface area contributed by atoms with Crippen molar-refractivity contribution >= 4 is 15.8 Å². The molecule has 0 fully saturated rings. The average Bonchev–Trinajstić information content (AvgIpc) is 3.18. The fraction of sp³-hybridized carbons (Fsp3) is 0.350. The molecule has 3 rings (SSSR count). The van der Waals surface area contributed by atoms with Crippen molar-refractivity contribution in [3.05, 3.63) is 54.1 Å². The lowest BCUT2D eigenvalue weighted by Crippen LogP contribution is -2.39. The number of nitrogens with zero attached hydrogens (tertiary/aromatic N) is 1. The maximum atomic E-state index is 12.3. The molecule has 150 valence electrons. The number of aliphatic imine (C=N–C) groups is 1. The van der Waals surface area contributed by atoms with Crippen molar-refractivity contribution in [1.29, 1.82) is 0 Å². The van der Waals surface area contributed by atoms with E-state index in [0.717, 1.165) is 23.5 Å². The minimum atomic E-state index is -3.25. The Kier molecular flexibility index (Phi) is 6.76. The van der Waals surface area contributed by atoms with Gasteiger partial charge < -0.3 is 20.1 Å². The predicted octanol–water partition coefficient (Wildman–Crippen LogP) is 1.99. The Morgan fingerprint density at radius 2 is 1.79 bits per heavy atom. The number of sulfone groups is 1. The predicted molar refractivity (Wildman–Crippen MR) is 109 cm³/mol. The number of rotatable bonds is 8. The molecule has 0 aliphatic carbocycles. The van der Waals surface area contributed by atoms with E-state index in [9.17, 15) is 8.42 Å². The largest absolute Gasteiger partial charge is 0.454 e. The van der Waals surface area contributed by atoms with E-state index < -0.39 is 9.84 Å². The van der Waals surface area contributed by atoms with Gasteiger partial charge in [-0.1, -0.05) is 24.3 Å². The van der Waals surface area contributed by atoms with E-state index >= 15 is 0 Å². The summed E-state index contributed by atoms with van der Waals surface area (Å²) in [4.78, 5) is 4.53. The molecule has 0 bridgehead atoms. The van der Waals surface area contributed by atoms with Crippen molar-refractivity contribution in [2.45, 2.75) is 17.7 Å². The van der Waals surface area contributed by atoms with Crippen LogP contribution in [0.4, 0.5) is 0 Å². The molecule has 0 amide bonds. The van der Waals surface area contributed by atoms with Gasteiger partial charge in [-0.2, -0.15) is 0 Å². The molecule has 0 unspecified atom stereocenters. The molecule has 8 heteroatoms. The van der Waals surface area contributed by atoms with E-state index in [1.807, 2.05) is 18.2 Å². The zero-order valence-corrected chi connectivity index (χ0v) is 16.7. The Morgan fingerprint density at radius 3 is 2.57 bits per heavy atom. The van der Waals surface area contributed by atoms with Crippen LogP contribution in [0.1, 0.15) is 12.0 Å². The summed E-state index contributed by atoms with van der Waals surface area (Å²) in [5.74, 6) is 2.30. The number of guanidine groups is 1. The lowest BCUT2D eigenvalue weighted by molar-refractivity contribution is 0.174. The molecule has 0 saturated carbocycles. The van der Waals surface area contributed by atoms with Gasteiger partial charge in [0.15, 0.2) is 27.3 Å². The number of fused-ring (bicyclic) bond motifs is 1. The Bertz CT molecular complexity index is 914. The van der Waals surface area contributed by atoms with E-state index in [2.05, 4.69) is 15.6 Å². The Hall–Kier alpha value is -2.74. The van der Waals surface area contributed by atoms with Gasteiger partial charge in [-0.25, -0.2) is 8.42 Å². The monoisotopic (exact) mass is 403 g/mol. The van der Waals surface area contributed by atoms with Gasteiger partial charge in [0.1, 0.15) is 0 Å². The maximum absolute atomic E-state index is 12.3. The van der Waals surface area contributed by atoms with Crippen molar-refractivity contribution in [1.82, 2.24) is 10.6 Å². The van der Waals surface area contributed by atoms with E-state index in [1.165, 1.54) is 0 Å². The molecule has 0 saturated heterocycles. The van der Waals surface area contributed by atoms with Gasteiger partial charge in [0.05, 0.1) is 10.6 Å². The van der Waals surface area contributed by atoms with Crippen molar-refractivity contribution < 1.29 is 17.9 Å². The summed E-state index contributed by atoms with van der Waals surface area (Å²) in [6, 6.07) is 14.4. The topological polar surface area (TPSA) is 89.0 Å². The summed E-state index contributed by atoms with van der Waals surface area (Å²) in [7, 11) is -1.55. The van der Waals surface area contributed by atoms with Crippen LogP contribution in [0.3, 0.4) is 0 Å². The molecule has 28 heavy (non-hydrogen) atoms. The molecule has 1 aliphatic rings. The minimum Gasteiger partial charge on any atom is -0.454 e. The lowest BCUT2D eigenvalue weighted by atomic mass is 10.1. The highest BCUT2D eigenvalue weighted by Crippen LogP contribution is 2.32. The number of hydrogen-bond acceptors (Lipinski definition) is 5. The average molecular weight is 404 g/mol. The Morgan fingerprint density at radius 1 is 1.04 bits per heavy atom. The van der Waals surface area contributed by atoms with Crippen LogP contribution in [0.25, 0.3) is 0 Å². The van der Waals surface area contributed by atoms with Crippen molar-refractivity contribution in [2.24, 2.45) is 4.99 Å². The van der Waals surface area contributed by atoms with Gasteiger partial charge in [-0.05, 0) is 42.7 Å². The second-order valence-electron chi connectivity index (χ2n) is 6.35. The van der Waals surface area contributed by atoms with Gasteiger partial charge in [0.2, 0.25) is 6.79 Å². The van der Waals surface area contributed by atoms with Crippen LogP contribution in [0.2, 0.25) is 0 Å². The van der Waals surface area contributed by atoms with Crippen LogP contribution < -0.4 is 20.1 Å². The highest BCUT2D eigenvalue weighted by atomic mass is 32.2. The van der Waals surface area contributed by atoms with Crippen LogP contribution in [-0.2, 0) is 16.3 Å². The molecule has 2 aromatic rings. The molecular formula is C20H25N3O4S. The molecule has 1 aliphatic heterocycles. The molecular weight excluding hydrogens is 378 g/mol. The summed E-state index contributed by atoms with van der Waals surface area (Å²) in [6.07, 6.45) is 1.31. The highest BCUT2D eigenvalue weighted by Gasteiger charge is 2.14. The van der Waals surface area contributed by atoms with E-state index in [-0.39, 0.29) is 12.5 Å². The first-order chi connectivity index (χ1) is 13.6. The first kappa shape index (κ1) is 20.0. The number of benzene rings is 2. The normalized spacial score (nSPS) is 13.4. The van der Waals surface area contributed by atoms with E-state index in [0.29, 0.717) is 30.4 Å². The van der Waals surface area contributed by atoms with E-state index in [4.69, 9.17) is 9.47 Å². The Labute approximate surface area is 165 Å². The molecule has 0 aromatic heterocycles. The van der Waals surface area contributed by atoms with Crippen LogP contribution >= 0.6 is 0 Å². The molecule has 0 radical (unpaired) electrons. The highest BCUT2D eigenvalue weighted by molar-refractivity contribution is 7.91. The molecule has 0 atom stereocenters. The quantitative estimate of drug-likeness (QED) is 0.398. The molecule has 1 heterocycles. The third-order valence-corrected chi connectivity index (χ3v) is 6.17. The number of nitrogens with one attached hydrogen (secondary N) is 2. The first-order valence-electron chi connectivity index (χ1n) is 9.19. The van der Waals surface area contributed by atoms with Crippen LogP contribution in [0, 0.1) is 0 Å². The second kappa shape index (κ2) is 9.45. The van der Waals surface area contributed by atoms with Crippen LogP contribution in [0.5, 0.6) is 11.5 Å². The van der Waals surface area contributed by atoms with Gasteiger partial charge in [-0.3, -0.25) is 4.99 Å². The standard InChI is InChI=1S/C20H25N3O4S/c1-21-20(22-11-5-13-28(24,25)17-6-3-2-4-7-17)23-12-10-16-8-9-18-19(14-16)27-15-26-18/h2-4,6-9,14H,5,10-13,15H2,1H3,(H2,21,22,23). The number of hydrogen-bond donors (Lipinski definition) is 2. The fourth-order valence-electron chi connectivity index (χ4n) is 2.86. The van der Waals surface area contributed by atoms with Crippen molar-refractivity contribution in [3.8, 4) is 11.5 Å². The van der Waals surface area contributed by atoms with Gasteiger partial charge in [0, 0.05) is 20.1 Å². The molecule has 2 aromatic carbocycles. The van der Waals surface area contributed by atoms with E-state index in [1.54, 1.807) is 37.4 Å². The zero-order chi connectivity index (χ0) is 19.8. The van der Waals surface area contributed by atoms with Crippen LogP contribution in [-0.4, -0.2) is 47.1 Å². The maximum Gasteiger partial charge on any atom is 0.231 e. The SMILES string of the molecule is CN=C(NCCCS(=O)(=O)c1ccccc1)NCCc1ccc2c(c1)OCO2. The zero-order valence-electron chi connectivity index (χ0n) is 15.8. The van der Waals surface area contributed by atoms with Gasteiger partial charge in [-0.15, -0.1) is 0 Å². The van der Waals surface area contributed by atoms with Gasteiger partial charge in [0.25, 0.3) is 0 Å². The summed E-state index contributed by atoms with van der Waals surface area (Å²) < 4.78 is 35.2. The molecule has 2 N–H and O–H groups in total. The van der Waals surface area contributed by atoms with Crippen molar-refractivity contribution in [2.75, 3.05) is 32.7 Å². The fourth-order valence-corrected chi connectivity index (χ4v) is 4.19. The minimum absolute atomic E-state index is 0.0954. The molecule has 0 spiro atoms. The number of ether oxygens (including phenoxy) is 2.